The van der Waals surface area contributed by atoms with Gasteiger partial charge in [-0.2, -0.15) is 0 Å². The van der Waals surface area contributed by atoms with Crippen LogP contribution in [0.2, 0.25) is 0 Å². The molecule has 27 heavy (non-hydrogen) atoms. The maximum Gasteiger partial charge on any atom is 0.325 e. The van der Waals surface area contributed by atoms with Gasteiger partial charge >= 0.3 is 6.03 Å². The number of anilines is 1. The highest BCUT2D eigenvalue weighted by Gasteiger charge is 2.48. The van der Waals surface area contributed by atoms with Crippen molar-refractivity contribution in [3.8, 4) is 0 Å². The number of nitrogens with zero attached hydrogens (tertiary/aromatic N) is 3. The number of imide groups is 1. The van der Waals surface area contributed by atoms with E-state index in [2.05, 4.69) is 45.4 Å². The van der Waals surface area contributed by atoms with E-state index in [1.54, 1.807) is 0 Å². The Morgan fingerprint density at radius 1 is 0.926 bits per heavy atom. The summed E-state index contributed by atoms with van der Waals surface area (Å²) in [7, 11) is 0. The second kappa shape index (κ2) is 8.74. The van der Waals surface area contributed by atoms with Crippen molar-refractivity contribution in [1.29, 1.82) is 0 Å². The Morgan fingerprint density at radius 3 is 2.15 bits per heavy atom. The fourth-order valence-corrected chi connectivity index (χ4v) is 4.08. The summed E-state index contributed by atoms with van der Waals surface area (Å²) in [6.07, 6.45) is 3.17. The standard InChI is InChI=1S/C21H32N4O2/c1-3-21(4-2)19(26)25(20(27)22-21)13-9-8-12-23-14-16-24(17-15-23)18-10-6-5-7-11-18/h5-7,10-11H,3-4,8-9,12-17H2,1-2H3,(H,22,27). The van der Waals surface area contributed by atoms with E-state index >= 15 is 0 Å². The van der Waals surface area contributed by atoms with Gasteiger partial charge in [0.15, 0.2) is 0 Å². The predicted octanol–water partition coefficient (Wildman–Crippen LogP) is 2.70. The fraction of sp³-hybridized carbons (Fsp3) is 0.619. The van der Waals surface area contributed by atoms with Gasteiger partial charge in [0.25, 0.3) is 5.91 Å². The van der Waals surface area contributed by atoms with Crippen molar-refractivity contribution in [2.24, 2.45) is 0 Å². The highest BCUT2D eigenvalue weighted by Crippen LogP contribution is 2.25. The molecular formula is C21H32N4O2. The number of carbonyl (C=O) groups is 2. The lowest BCUT2D eigenvalue weighted by Gasteiger charge is -2.36. The molecule has 0 aromatic heterocycles. The van der Waals surface area contributed by atoms with Crippen LogP contribution in [-0.4, -0.2) is 66.5 Å². The largest absolute Gasteiger partial charge is 0.369 e. The Morgan fingerprint density at radius 2 is 1.56 bits per heavy atom. The van der Waals surface area contributed by atoms with Gasteiger partial charge in [-0.3, -0.25) is 14.6 Å². The van der Waals surface area contributed by atoms with Crippen LogP contribution in [-0.2, 0) is 4.79 Å². The first-order valence-electron chi connectivity index (χ1n) is 10.3. The first kappa shape index (κ1) is 19.7. The zero-order valence-corrected chi connectivity index (χ0v) is 16.6. The van der Waals surface area contributed by atoms with E-state index < -0.39 is 5.54 Å². The molecule has 6 heteroatoms. The highest BCUT2D eigenvalue weighted by atomic mass is 16.2. The van der Waals surface area contributed by atoms with Gasteiger partial charge in [-0.25, -0.2) is 4.79 Å². The Bertz CT molecular complexity index is 637. The first-order valence-corrected chi connectivity index (χ1v) is 10.3. The van der Waals surface area contributed by atoms with Gasteiger partial charge in [0, 0.05) is 38.4 Å². The minimum absolute atomic E-state index is 0.0472. The van der Waals surface area contributed by atoms with Crippen LogP contribution in [0.1, 0.15) is 39.5 Å². The molecule has 1 aromatic carbocycles. The maximum atomic E-state index is 12.6. The van der Waals surface area contributed by atoms with Gasteiger partial charge in [-0.15, -0.1) is 0 Å². The topological polar surface area (TPSA) is 55.9 Å². The van der Waals surface area contributed by atoms with Gasteiger partial charge in [0.1, 0.15) is 5.54 Å². The van der Waals surface area contributed by atoms with Crippen LogP contribution < -0.4 is 10.2 Å². The molecule has 0 unspecified atom stereocenters. The van der Waals surface area contributed by atoms with Gasteiger partial charge in [-0.05, 0) is 44.4 Å². The Balaban J connectivity index is 1.38. The molecule has 2 heterocycles. The van der Waals surface area contributed by atoms with E-state index in [0.29, 0.717) is 19.4 Å². The predicted molar refractivity (Wildman–Crippen MR) is 108 cm³/mol. The van der Waals surface area contributed by atoms with Crippen molar-refractivity contribution in [3.63, 3.8) is 0 Å². The Labute approximate surface area is 162 Å². The van der Waals surface area contributed by atoms with Crippen molar-refractivity contribution < 1.29 is 9.59 Å². The fourth-order valence-electron chi connectivity index (χ4n) is 4.08. The number of amides is 3. The Hall–Kier alpha value is -2.08. The maximum absolute atomic E-state index is 12.6. The quantitative estimate of drug-likeness (QED) is 0.563. The van der Waals surface area contributed by atoms with E-state index in [-0.39, 0.29) is 11.9 Å². The molecule has 0 bridgehead atoms. The molecule has 2 saturated heterocycles. The molecular weight excluding hydrogens is 340 g/mol. The number of benzene rings is 1. The van der Waals surface area contributed by atoms with Crippen LogP contribution in [0.5, 0.6) is 0 Å². The molecule has 1 aromatic rings. The third-order valence-electron chi connectivity index (χ3n) is 6.05. The van der Waals surface area contributed by atoms with E-state index in [0.717, 1.165) is 45.6 Å². The average molecular weight is 373 g/mol. The molecule has 1 N–H and O–H groups in total. The van der Waals surface area contributed by atoms with Crippen LogP contribution in [0.15, 0.2) is 30.3 Å². The summed E-state index contributed by atoms with van der Waals surface area (Å²) in [6, 6.07) is 10.3. The summed E-state index contributed by atoms with van der Waals surface area (Å²) in [6.45, 7) is 9.69. The van der Waals surface area contributed by atoms with Crippen molar-refractivity contribution >= 4 is 17.6 Å². The summed E-state index contributed by atoms with van der Waals surface area (Å²) in [5, 5.41) is 2.90. The molecule has 0 spiro atoms. The van der Waals surface area contributed by atoms with Crippen LogP contribution >= 0.6 is 0 Å². The number of nitrogens with one attached hydrogen (secondary N) is 1. The number of hydrogen-bond donors (Lipinski definition) is 1. The van der Waals surface area contributed by atoms with Crippen molar-refractivity contribution in [2.45, 2.75) is 45.1 Å². The smallest absolute Gasteiger partial charge is 0.325 e. The Kier molecular flexibility index (Phi) is 6.37. The summed E-state index contributed by atoms with van der Waals surface area (Å²) in [5.74, 6) is -0.0472. The van der Waals surface area contributed by atoms with Gasteiger partial charge < -0.3 is 10.2 Å². The van der Waals surface area contributed by atoms with E-state index in [4.69, 9.17) is 0 Å². The lowest BCUT2D eigenvalue weighted by molar-refractivity contribution is -0.131. The second-order valence-corrected chi connectivity index (χ2v) is 7.55. The van der Waals surface area contributed by atoms with E-state index in [9.17, 15) is 9.59 Å². The number of urea groups is 1. The molecule has 0 radical (unpaired) electrons. The van der Waals surface area contributed by atoms with Crippen molar-refractivity contribution in [2.75, 3.05) is 44.2 Å². The normalized spacial score (nSPS) is 20.2. The average Bonchev–Trinajstić information content (AvgIpc) is 2.96. The van der Waals surface area contributed by atoms with Crippen LogP contribution in [0.25, 0.3) is 0 Å². The number of piperazine rings is 1. The molecule has 2 aliphatic rings. The highest BCUT2D eigenvalue weighted by molar-refractivity contribution is 6.06. The van der Waals surface area contributed by atoms with Crippen molar-refractivity contribution in [3.05, 3.63) is 30.3 Å². The number of para-hydroxylation sites is 1. The number of hydrogen-bond acceptors (Lipinski definition) is 4. The van der Waals surface area contributed by atoms with E-state index in [1.807, 2.05) is 13.8 Å². The lowest BCUT2D eigenvalue weighted by Crippen LogP contribution is -2.46. The molecule has 3 rings (SSSR count). The van der Waals surface area contributed by atoms with E-state index in [1.165, 1.54) is 10.6 Å². The van der Waals surface area contributed by atoms with Gasteiger partial charge in [0.2, 0.25) is 0 Å². The third-order valence-corrected chi connectivity index (χ3v) is 6.05. The number of rotatable bonds is 8. The summed E-state index contributed by atoms with van der Waals surface area (Å²) < 4.78 is 0. The minimum atomic E-state index is -0.676. The molecule has 2 fully saturated rings. The molecule has 148 valence electrons. The molecule has 6 nitrogen and oxygen atoms in total. The number of carbonyl (C=O) groups excluding carboxylic acids is 2. The summed E-state index contributed by atoms with van der Waals surface area (Å²) >= 11 is 0. The van der Waals surface area contributed by atoms with Gasteiger partial charge in [0.05, 0.1) is 0 Å². The monoisotopic (exact) mass is 372 g/mol. The van der Waals surface area contributed by atoms with Gasteiger partial charge in [-0.1, -0.05) is 32.0 Å². The first-order chi connectivity index (χ1) is 13.1. The SMILES string of the molecule is CCC1(CC)NC(=O)N(CCCCN2CCN(c3ccccc3)CC2)C1=O. The molecule has 2 aliphatic heterocycles. The molecule has 3 amide bonds. The number of unbranched alkanes of at least 4 members (excludes halogenated alkanes) is 1. The van der Waals surface area contributed by atoms with Crippen LogP contribution in [0.4, 0.5) is 10.5 Å². The molecule has 0 saturated carbocycles. The second-order valence-electron chi connectivity index (χ2n) is 7.55. The van der Waals surface area contributed by atoms with Crippen LogP contribution in [0.3, 0.4) is 0 Å². The molecule has 0 aliphatic carbocycles. The zero-order chi connectivity index (χ0) is 19.3. The van der Waals surface area contributed by atoms with Crippen LogP contribution in [0, 0.1) is 0 Å². The zero-order valence-electron chi connectivity index (χ0n) is 16.6. The van der Waals surface area contributed by atoms with Crippen molar-refractivity contribution in [1.82, 2.24) is 15.1 Å². The molecule has 0 atom stereocenters. The minimum Gasteiger partial charge on any atom is -0.369 e. The summed E-state index contributed by atoms with van der Waals surface area (Å²) in [4.78, 5) is 31.1. The third kappa shape index (κ3) is 4.26. The lowest BCUT2D eigenvalue weighted by atomic mass is 9.93. The summed E-state index contributed by atoms with van der Waals surface area (Å²) in [5.41, 5.74) is 0.622.